The van der Waals surface area contributed by atoms with Gasteiger partial charge in [-0.1, -0.05) is 51.5 Å². The zero-order chi connectivity index (χ0) is 25.7. The molecule has 0 bridgehead atoms. The van der Waals surface area contributed by atoms with Crippen molar-refractivity contribution in [2.75, 3.05) is 24.3 Å². The molecule has 1 aromatic heterocycles. The molecule has 1 saturated carbocycles. The number of anilines is 2. The number of benzene rings is 2. The summed E-state index contributed by atoms with van der Waals surface area (Å²) in [5.41, 5.74) is 2.81. The van der Waals surface area contributed by atoms with Gasteiger partial charge in [0.2, 0.25) is 0 Å². The molecule has 0 spiro atoms. The largest absolute Gasteiger partial charge is 0.378 e. The summed E-state index contributed by atoms with van der Waals surface area (Å²) in [7, 11) is 0.561. The van der Waals surface area contributed by atoms with Crippen molar-refractivity contribution in [2.45, 2.75) is 51.9 Å². The normalized spacial score (nSPS) is 22.6. The molecule has 1 N–H and O–H groups in total. The lowest BCUT2D eigenvalue weighted by molar-refractivity contribution is 0.0488. The molecule has 2 aromatic carbocycles. The minimum Gasteiger partial charge on any atom is -0.378 e. The number of nitrogens with zero attached hydrogens (tertiary/aromatic N) is 2. The first kappa shape index (κ1) is 26.4. The van der Waals surface area contributed by atoms with E-state index >= 15 is 4.57 Å². The molecule has 36 heavy (non-hydrogen) atoms. The lowest BCUT2D eigenvalue weighted by atomic mass is 9.75. The predicted octanol–water partition coefficient (Wildman–Crippen LogP) is 7.34. The summed E-state index contributed by atoms with van der Waals surface area (Å²) in [6, 6.07) is 21.8. The third-order valence-corrected chi connectivity index (χ3v) is 10.1. The van der Waals surface area contributed by atoms with Crippen molar-refractivity contribution in [3.05, 3.63) is 84.7 Å². The SMILES string of the molecule is CC(C)[C@@H]1CC[C@@H](C)C[C@H]1O[P@@](=O)(c1ccc(N(C)C)cc1)[C@H](Nc1ccccc1)c1cccnc1. The summed E-state index contributed by atoms with van der Waals surface area (Å²) in [5, 5.41) is 4.31. The Bertz CT molecular complexity index is 1140. The molecule has 192 valence electrons. The van der Waals surface area contributed by atoms with E-state index in [1.54, 1.807) is 12.4 Å². The Labute approximate surface area is 216 Å². The van der Waals surface area contributed by atoms with Gasteiger partial charge in [-0.15, -0.1) is 0 Å². The summed E-state index contributed by atoms with van der Waals surface area (Å²) < 4.78 is 22.4. The van der Waals surface area contributed by atoms with Gasteiger partial charge in [-0.25, -0.2) is 0 Å². The van der Waals surface area contributed by atoms with Crippen molar-refractivity contribution in [1.29, 1.82) is 0 Å². The van der Waals surface area contributed by atoms with Gasteiger partial charge in [-0.05, 0) is 73.1 Å². The van der Waals surface area contributed by atoms with Gasteiger partial charge in [0.25, 0.3) is 7.37 Å². The van der Waals surface area contributed by atoms with E-state index in [1.165, 1.54) is 6.42 Å². The van der Waals surface area contributed by atoms with E-state index < -0.39 is 13.2 Å². The van der Waals surface area contributed by atoms with Crippen molar-refractivity contribution in [3.8, 4) is 0 Å². The number of pyridine rings is 1. The maximum Gasteiger partial charge on any atom is 0.258 e. The van der Waals surface area contributed by atoms with Crippen molar-refractivity contribution >= 4 is 24.0 Å². The summed E-state index contributed by atoms with van der Waals surface area (Å²) in [6.45, 7) is 6.80. The topological polar surface area (TPSA) is 54.5 Å². The maximum absolute atomic E-state index is 15.4. The highest BCUT2D eigenvalue weighted by molar-refractivity contribution is 7.67. The Hall–Kier alpha value is -2.62. The number of para-hydroxylation sites is 1. The maximum atomic E-state index is 15.4. The molecule has 5 atom stereocenters. The average Bonchev–Trinajstić information content (AvgIpc) is 2.88. The van der Waals surface area contributed by atoms with E-state index in [0.717, 1.165) is 35.1 Å². The molecular formula is C30H40N3O2P. The van der Waals surface area contributed by atoms with Gasteiger partial charge in [-0.3, -0.25) is 9.55 Å². The van der Waals surface area contributed by atoms with Gasteiger partial charge in [0.1, 0.15) is 5.78 Å². The zero-order valence-corrected chi connectivity index (χ0v) is 23.1. The van der Waals surface area contributed by atoms with Crippen LogP contribution in [0.15, 0.2) is 79.1 Å². The molecule has 0 radical (unpaired) electrons. The Kier molecular flexibility index (Phi) is 8.54. The first-order chi connectivity index (χ1) is 17.3. The minimum atomic E-state index is -3.46. The van der Waals surface area contributed by atoms with Crippen molar-refractivity contribution in [1.82, 2.24) is 4.98 Å². The van der Waals surface area contributed by atoms with Crippen LogP contribution in [0.2, 0.25) is 0 Å². The monoisotopic (exact) mass is 505 g/mol. The van der Waals surface area contributed by atoms with Gasteiger partial charge in [-0.2, -0.15) is 0 Å². The van der Waals surface area contributed by atoms with Crippen LogP contribution in [0.5, 0.6) is 0 Å². The van der Waals surface area contributed by atoms with E-state index in [1.807, 2.05) is 85.7 Å². The predicted molar refractivity (Wildman–Crippen MR) is 151 cm³/mol. The molecule has 4 rings (SSSR count). The van der Waals surface area contributed by atoms with E-state index in [-0.39, 0.29) is 6.10 Å². The molecule has 1 heterocycles. The Morgan fingerprint density at radius 1 is 1.00 bits per heavy atom. The van der Waals surface area contributed by atoms with Crippen LogP contribution >= 0.6 is 7.37 Å². The van der Waals surface area contributed by atoms with Gasteiger partial charge in [0.05, 0.1) is 6.10 Å². The fraction of sp³-hybridized carbons (Fsp3) is 0.433. The molecule has 1 aliphatic rings. The van der Waals surface area contributed by atoms with Gasteiger partial charge in [0.15, 0.2) is 0 Å². The van der Waals surface area contributed by atoms with Crippen molar-refractivity contribution in [2.24, 2.45) is 17.8 Å². The first-order valence-corrected chi connectivity index (χ1v) is 14.7. The Morgan fingerprint density at radius 2 is 1.72 bits per heavy atom. The molecule has 0 amide bonds. The molecule has 5 nitrogen and oxygen atoms in total. The second-order valence-corrected chi connectivity index (χ2v) is 13.1. The summed E-state index contributed by atoms with van der Waals surface area (Å²) in [4.78, 5) is 6.42. The lowest BCUT2D eigenvalue weighted by Crippen LogP contribution is -2.35. The smallest absolute Gasteiger partial charge is 0.258 e. The first-order valence-electron chi connectivity index (χ1n) is 13.1. The quantitative estimate of drug-likeness (QED) is 0.308. The fourth-order valence-electron chi connectivity index (χ4n) is 5.26. The molecule has 0 saturated heterocycles. The molecule has 0 aliphatic heterocycles. The standard InChI is InChI=1S/C30H40N3O2P/c1-22(2)28-18-13-23(3)20-29(28)35-36(34,27-16-14-26(15-17-27)33(4)5)30(24-10-9-19-31-21-24)32-25-11-7-6-8-12-25/h6-12,14-17,19,21-23,28-30,32H,13,18,20H2,1-5H3/t23-,28+,29-,30+,36+/m1/s1. The van der Waals surface area contributed by atoms with Crippen LogP contribution < -0.4 is 15.5 Å². The Balaban J connectivity index is 1.83. The van der Waals surface area contributed by atoms with Crippen LogP contribution in [-0.2, 0) is 9.09 Å². The van der Waals surface area contributed by atoms with E-state index in [9.17, 15) is 0 Å². The van der Waals surface area contributed by atoms with E-state index in [4.69, 9.17) is 4.52 Å². The zero-order valence-electron chi connectivity index (χ0n) is 22.2. The second kappa shape index (κ2) is 11.6. The summed E-state index contributed by atoms with van der Waals surface area (Å²) >= 11 is 0. The van der Waals surface area contributed by atoms with E-state index in [0.29, 0.717) is 17.8 Å². The van der Waals surface area contributed by atoms with Crippen LogP contribution in [0.25, 0.3) is 0 Å². The van der Waals surface area contributed by atoms with Crippen LogP contribution in [0, 0.1) is 17.8 Å². The highest BCUT2D eigenvalue weighted by atomic mass is 31.2. The second-order valence-electron chi connectivity index (χ2n) is 10.7. The van der Waals surface area contributed by atoms with Crippen molar-refractivity contribution < 1.29 is 9.09 Å². The summed E-state index contributed by atoms with van der Waals surface area (Å²) in [6.07, 6.45) is 6.70. The molecule has 1 fully saturated rings. The van der Waals surface area contributed by atoms with Crippen molar-refractivity contribution in [3.63, 3.8) is 0 Å². The lowest BCUT2D eigenvalue weighted by Gasteiger charge is -2.41. The molecule has 6 heteroatoms. The highest BCUT2D eigenvalue weighted by Crippen LogP contribution is 2.61. The number of rotatable bonds is 9. The number of hydrogen-bond donors (Lipinski definition) is 1. The van der Waals surface area contributed by atoms with Crippen LogP contribution in [-0.4, -0.2) is 25.2 Å². The molecule has 3 aromatic rings. The Morgan fingerprint density at radius 3 is 2.33 bits per heavy atom. The third-order valence-electron chi connectivity index (χ3n) is 7.40. The van der Waals surface area contributed by atoms with Gasteiger partial charge in [0, 0.05) is 48.7 Å². The number of hydrogen-bond acceptors (Lipinski definition) is 5. The average molecular weight is 506 g/mol. The van der Waals surface area contributed by atoms with Crippen LogP contribution in [0.4, 0.5) is 11.4 Å². The fourth-order valence-corrected chi connectivity index (χ4v) is 7.88. The third kappa shape index (κ3) is 6.02. The molecule has 1 aliphatic carbocycles. The molecule has 0 unspecified atom stereocenters. The number of aromatic nitrogens is 1. The van der Waals surface area contributed by atoms with Gasteiger partial charge >= 0.3 is 0 Å². The van der Waals surface area contributed by atoms with Gasteiger partial charge < -0.3 is 14.7 Å². The number of nitrogens with one attached hydrogen (secondary N) is 1. The van der Waals surface area contributed by atoms with E-state index in [2.05, 4.69) is 31.1 Å². The minimum absolute atomic E-state index is 0.0650. The van der Waals surface area contributed by atoms with Crippen LogP contribution in [0.3, 0.4) is 0 Å². The highest BCUT2D eigenvalue weighted by Gasteiger charge is 2.43. The molecular weight excluding hydrogens is 465 g/mol. The van der Waals surface area contributed by atoms with Crippen LogP contribution in [0.1, 0.15) is 51.4 Å². The summed E-state index contributed by atoms with van der Waals surface area (Å²) in [5.74, 6) is 0.824.